The molecule has 3 atom stereocenters. The van der Waals surface area contributed by atoms with E-state index in [1.807, 2.05) is 30.3 Å². The number of hydrogen-bond acceptors (Lipinski definition) is 5. The average Bonchev–Trinajstić information content (AvgIpc) is 3.28. The van der Waals surface area contributed by atoms with Crippen LogP contribution < -0.4 is 5.32 Å². The van der Waals surface area contributed by atoms with Crippen LogP contribution in [-0.2, 0) is 4.79 Å². The zero-order chi connectivity index (χ0) is 19.7. The summed E-state index contributed by atoms with van der Waals surface area (Å²) in [6.45, 7) is 1.72. The lowest BCUT2D eigenvalue weighted by Gasteiger charge is -2.23. The first kappa shape index (κ1) is 18.9. The lowest BCUT2D eigenvalue weighted by molar-refractivity contribution is -0.132. The molecule has 2 aliphatic rings. The Morgan fingerprint density at radius 3 is 3.11 bits per heavy atom. The predicted molar refractivity (Wildman–Crippen MR) is 106 cm³/mol. The minimum absolute atomic E-state index is 0.0241. The lowest BCUT2D eigenvalue weighted by Crippen LogP contribution is -2.42. The molecule has 0 aliphatic carbocycles. The maximum Gasteiger partial charge on any atom is 0.237 e. The average molecular weight is 402 g/mol. The van der Waals surface area contributed by atoms with Crippen LogP contribution in [0.2, 0.25) is 5.02 Å². The molecule has 0 spiro atoms. The first-order chi connectivity index (χ1) is 13.5. The van der Waals surface area contributed by atoms with Crippen molar-refractivity contribution in [3.05, 3.63) is 35.5 Å². The minimum atomic E-state index is -1.10. The number of alkyl halides is 1. The number of anilines is 1. The molecule has 4 rings (SSSR count). The number of rotatable bonds is 4. The second-order valence-corrected chi connectivity index (χ2v) is 7.85. The van der Waals surface area contributed by atoms with E-state index in [0.717, 1.165) is 29.6 Å². The maximum absolute atomic E-state index is 13.6. The number of hydrogen-bond donors (Lipinski definition) is 1. The number of amides is 1. The quantitative estimate of drug-likeness (QED) is 0.852. The summed E-state index contributed by atoms with van der Waals surface area (Å²) in [4.78, 5) is 20.3. The van der Waals surface area contributed by atoms with Crippen LogP contribution in [0.3, 0.4) is 0 Å². The second-order valence-electron chi connectivity index (χ2n) is 7.41. The largest absolute Gasteiger partial charge is 0.380 e. The van der Waals surface area contributed by atoms with Crippen molar-refractivity contribution in [1.29, 1.82) is 5.26 Å². The Kier molecular flexibility index (Phi) is 5.33. The molecule has 1 aromatic heterocycles. The second kappa shape index (κ2) is 7.90. The van der Waals surface area contributed by atoms with E-state index in [0.29, 0.717) is 11.6 Å². The van der Waals surface area contributed by atoms with Crippen molar-refractivity contribution >= 4 is 34.1 Å². The number of pyridine rings is 1. The summed E-state index contributed by atoms with van der Waals surface area (Å²) in [7, 11) is 0. The molecule has 28 heavy (non-hydrogen) atoms. The SMILES string of the molecule is N#CC1C[C@H](F)CN1C(=O)CN1CC[C@@H](Nc2cccc3ncc(Cl)cc23)C1. The molecule has 1 N–H and O–H groups in total. The number of aromatic nitrogens is 1. The van der Waals surface area contributed by atoms with Gasteiger partial charge < -0.3 is 10.2 Å². The van der Waals surface area contributed by atoms with Crippen LogP contribution in [0, 0.1) is 11.3 Å². The van der Waals surface area contributed by atoms with Crippen molar-refractivity contribution in [2.24, 2.45) is 0 Å². The summed E-state index contributed by atoms with van der Waals surface area (Å²) in [6, 6.07) is 9.36. The topological polar surface area (TPSA) is 72.3 Å². The number of likely N-dealkylation sites (tertiary alicyclic amines) is 2. The first-order valence-corrected chi connectivity index (χ1v) is 9.77. The molecule has 6 nitrogen and oxygen atoms in total. The van der Waals surface area contributed by atoms with Crippen molar-refractivity contribution < 1.29 is 9.18 Å². The number of fused-ring (bicyclic) bond motifs is 1. The Hall–Kier alpha value is -2.43. The highest BCUT2D eigenvalue weighted by Gasteiger charge is 2.36. The Balaban J connectivity index is 1.38. The number of benzene rings is 1. The summed E-state index contributed by atoms with van der Waals surface area (Å²) in [6.07, 6.45) is 1.54. The molecule has 0 saturated carbocycles. The number of carbonyl (C=O) groups excluding carboxylic acids is 1. The number of nitriles is 1. The third-order valence-electron chi connectivity index (χ3n) is 5.40. The molecule has 3 heterocycles. The highest BCUT2D eigenvalue weighted by molar-refractivity contribution is 6.31. The van der Waals surface area contributed by atoms with Gasteiger partial charge in [-0.1, -0.05) is 17.7 Å². The van der Waals surface area contributed by atoms with Crippen molar-refractivity contribution in [2.45, 2.75) is 31.1 Å². The van der Waals surface area contributed by atoms with Gasteiger partial charge in [0.15, 0.2) is 0 Å². The Bertz CT molecular complexity index is 932. The zero-order valence-corrected chi connectivity index (χ0v) is 16.1. The van der Waals surface area contributed by atoms with Gasteiger partial charge in [-0.25, -0.2) is 4.39 Å². The van der Waals surface area contributed by atoms with E-state index in [9.17, 15) is 9.18 Å². The standard InChI is InChI=1S/C20H21ClFN5O/c21-13-6-17-18(24-9-13)2-1-3-19(17)25-15-4-5-26(11-15)12-20(28)27-10-14(22)7-16(27)8-23/h1-3,6,9,14-16,25H,4-5,7,10-12H2/t14-,15+,16?/m0/s1. The van der Waals surface area contributed by atoms with E-state index in [1.165, 1.54) is 4.90 Å². The van der Waals surface area contributed by atoms with Gasteiger partial charge in [0.2, 0.25) is 5.91 Å². The molecule has 146 valence electrons. The summed E-state index contributed by atoms with van der Waals surface area (Å²) in [5.41, 5.74) is 1.84. The van der Waals surface area contributed by atoms with Crippen LogP contribution in [0.15, 0.2) is 30.5 Å². The molecular formula is C20H21ClFN5O. The summed E-state index contributed by atoms with van der Waals surface area (Å²) < 4.78 is 13.6. The van der Waals surface area contributed by atoms with Crippen LogP contribution in [0.25, 0.3) is 10.9 Å². The fourth-order valence-electron chi connectivity index (χ4n) is 4.03. The normalized spacial score (nSPS) is 25.2. The maximum atomic E-state index is 13.6. The van der Waals surface area contributed by atoms with Crippen LogP contribution in [-0.4, -0.2) is 65.1 Å². The van der Waals surface area contributed by atoms with Crippen LogP contribution in [0.4, 0.5) is 10.1 Å². The molecule has 0 bridgehead atoms. The number of halogens is 2. The molecule has 2 fully saturated rings. The van der Waals surface area contributed by atoms with E-state index in [-0.39, 0.29) is 31.5 Å². The van der Waals surface area contributed by atoms with E-state index >= 15 is 0 Å². The lowest BCUT2D eigenvalue weighted by atomic mass is 10.1. The van der Waals surface area contributed by atoms with Gasteiger partial charge in [0.05, 0.1) is 29.7 Å². The van der Waals surface area contributed by atoms with Gasteiger partial charge in [0.25, 0.3) is 0 Å². The van der Waals surface area contributed by atoms with Gasteiger partial charge in [0, 0.05) is 42.8 Å². The summed E-state index contributed by atoms with van der Waals surface area (Å²) >= 11 is 6.09. The third kappa shape index (κ3) is 3.89. The molecule has 1 aromatic carbocycles. The molecule has 2 aliphatic heterocycles. The van der Waals surface area contributed by atoms with Gasteiger partial charge in [-0.3, -0.25) is 14.7 Å². The monoisotopic (exact) mass is 401 g/mol. The van der Waals surface area contributed by atoms with E-state index in [4.69, 9.17) is 16.9 Å². The number of carbonyl (C=O) groups is 1. The predicted octanol–water partition coefficient (Wildman–Crippen LogP) is 2.84. The highest BCUT2D eigenvalue weighted by atomic mass is 35.5. The molecule has 8 heteroatoms. The van der Waals surface area contributed by atoms with Crippen molar-refractivity contribution in [3.63, 3.8) is 0 Å². The molecular weight excluding hydrogens is 381 g/mol. The smallest absolute Gasteiger partial charge is 0.237 e. The zero-order valence-electron chi connectivity index (χ0n) is 15.3. The third-order valence-corrected chi connectivity index (χ3v) is 5.61. The Morgan fingerprint density at radius 2 is 2.29 bits per heavy atom. The van der Waals surface area contributed by atoms with Gasteiger partial charge in [0.1, 0.15) is 12.2 Å². The fourth-order valence-corrected chi connectivity index (χ4v) is 4.19. The van der Waals surface area contributed by atoms with Crippen molar-refractivity contribution in [1.82, 2.24) is 14.8 Å². The highest BCUT2D eigenvalue weighted by Crippen LogP contribution is 2.27. The molecule has 2 aromatic rings. The van der Waals surface area contributed by atoms with Crippen LogP contribution in [0.5, 0.6) is 0 Å². The number of nitrogens with zero attached hydrogens (tertiary/aromatic N) is 4. The van der Waals surface area contributed by atoms with E-state index < -0.39 is 12.2 Å². The van der Waals surface area contributed by atoms with Crippen molar-refractivity contribution in [2.75, 3.05) is 31.5 Å². The molecule has 0 radical (unpaired) electrons. The van der Waals surface area contributed by atoms with E-state index in [2.05, 4.69) is 15.2 Å². The van der Waals surface area contributed by atoms with Gasteiger partial charge >= 0.3 is 0 Å². The molecule has 2 saturated heterocycles. The summed E-state index contributed by atoms with van der Waals surface area (Å²) in [5, 5.41) is 14.2. The molecule has 1 amide bonds. The van der Waals surface area contributed by atoms with Crippen molar-refractivity contribution in [3.8, 4) is 6.07 Å². The Labute approximate surface area is 167 Å². The molecule has 1 unspecified atom stereocenters. The summed E-state index contributed by atoms with van der Waals surface area (Å²) in [5.74, 6) is -0.173. The first-order valence-electron chi connectivity index (χ1n) is 9.40. The van der Waals surface area contributed by atoms with Gasteiger partial charge in [-0.05, 0) is 24.6 Å². The van der Waals surface area contributed by atoms with E-state index in [1.54, 1.807) is 6.20 Å². The van der Waals surface area contributed by atoms with Crippen LogP contribution in [0.1, 0.15) is 12.8 Å². The van der Waals surface area contributed by atoms with Gasteiger partial charge in [-0.15, -0.1) is 0 Å². The van der Waals surface area contributed by atoms with Crippen LogP contribution >= 0.6 is 11.6 Å². The van der Waals surface area contributed by atoms with Gasteiger partial charge in [-0.2, -0.15) is 5.26 Å². The fraction of sp³-hybridized carbons (Fsp3) is 0.450. The minimum Gasteiger partial charge on any atom is -0.380 e. The Morgan fingerprint density at radius 1 is 1.43 bits per heavy atom. The number of nitrogens with one attached hydrogen (secondary N) is 1.